The summed E-state index contributed by atoms with van der Waals surface area (Å²) in [7, 11) is 1.91. The summed E-state index contributed by atoms with van der Waals surface area (Å²) in [5.41, 5.74) is -2.25. The second kappa shape index (κ2) is 9.51. The molecule has 0 amide bonds. The third kappa shape index (κ3) is 4.13. The van der Waals surface area contributed by atoms with Crippen LogP contribution >= 0.6 is 0 Å². The van der Waals surface area contributed by atoms with E-state index in [1.165, 1.54) is 12.1 Å². The lowest BCUT2D eigenvalue weighted by Crippen LogP contribution is -2.45. The largest absolute Gasteiger partial charge is 0.487 e. The van der Waals surface area contributed by atoms with Gasteiger partial charge in [-0.15, -0.1) is 0 Å². The normalized spacial score (nSPS) is 25.7. The molecule has 1 saturated heterocycles. The molecule has 6 rings (SSSR count). The number of likely N-dealkylation sites (N-methyl/N-ethyl adjacent to an activating group) is 1. The van der Waals surface area contributed by atoms with E-state index in [0.717, 1.165) is 42.2 Å². The quantitative estimate of drug-likeness (QED) is 0.441. The first-order valence-electron chi connectivity index (χ1n) is 14.0. The molecule has 0 radical (unpaired) electrons. The maximum absolute atomic E-state index is 16.2. The number of rotatable bonds is 5. The molecule has 2 aromatic carbocycles. The minimum absolute atomic E-state index is 0.0526. The zero-order valence-corrected chi connectivity index (χ0v) is 23.6. The molecule has 1 aliphatic heterocycles. The zero-order valence-electron chi connectivity index (χ0n) is 23.6. The molecule has 7 nitrogen and oxygen atoms in total. The van der Waals surface area contributed by atoms with E-state index in [1.54, 1.807) is 4.90 Å². The molecule has 2 bridgehead atoms. The topological polar surface area (TPSA) is 75.0 Å². The highest BCUT2D eigenvalue weighted by molar-refractivity contribution is 5.94. The molecule has 1 N–H and O–H groups in total. The summed E-state index contributed by atoms with van der Waals surface area (Å²) >= 11 is 0. The smallest absolute Gasteiger partial charge is 0.341 e. The Bertz CT molecular complexity index is 1630. The fraction of sp³-hybridized carbons (Fsp3) is 0.484. The number of aromatic nitrogens is 1. The van der Waals surface area contributed by atoms with Crippen LogP contribution in [-0.2, 0) is 0 Å². The summed E-state index contributed by atoms with van der Waals surface area (Å²) in [6.07, 6.45) is 3.77. The maximum atomic E-state index is 16.2. The molecule has 2 saturated carbocycles. The highest BCUT2D eigenvalue weighted by atomic mass is 19.1. The van der Waals surface area contributed by atoms with Gasteiger partial charge in [-0.1, -0.05) is 20.8 Å². The van der Waals surface area contributed by atoms with Crippen LogP contribution in [0.5, 0.6) is 5.75 Å². The van der Waals surface area contributed by atoms with E-state index >= 15 is 13.2 Å². The summed E-state index contributed by atoms with van der Waals surface area (Å²) in [5, 5.41) is 9.25. The first-order valence-corrected chi connectivity index (χ1v) is 14.0. The van der Waals surface area contributed by atoms with Gasteiger partial charge < -0.3 is 24.2 Å². The minimum atomic E-state index is -1.55. The van der Waals surface area contributed by atoms with E-state index in [1.807, 2.05) is 11.9 Å². The molecule has 1 aromatic heterocycles. The molecule has 41 heavy (non-hydrogen) atoms. The van der Waals surface area contributed by atoms with E-state index in [-0.39, 0.29) is 39.6 Å². The number of nitrogens with zero attached hydrogens (tertiary/aromatic N) is 3. The van der Waals surface area contributed by atoms with Gasteiger partial charge in [-0.05, 0) is 55.8 Å². The first-order chi connectivity index (χ1) is 19.3. The number of ether oxygens (including phenoxy) is 1. The fourth-order valence-electron chi connectivity index (χ4n) is 7.28. The van der Waals surface area contributed by atoms with Crippen molar-refractivity contribution in [1.29, 1.82) is 0 Å². The molecule has 10 heteroatoms. The first kappa shape index (κ1) is 27.6. The van der Waals surface area contributed by atoms with Gasteiger partial charge in [0.05, 0.1) is 10.9 Å². The summed E-state index contributed by atoms with van der Waals surface area (Å²) in [4.78, 5) is 28.5. The van der Waals surface area contributed by atoms with Gasteiger partial charge in [0, 0.05) is 49.5 Å². The SMILES string of the molecule is CN1CCN(c2c(F)cc3c(=O)c(C(=O)O)cn(-c4ccc(O[C@@H]5C[C@H]6CC[C@@]5(C)C6(C)C)c(F)c4)c3c2F)CC1. The lowest BCUT2D eigenvalue weighted by atomic mass is 9.70. The Labute approximate surface area is 236 Å². The van der Waals surface area contributed by atoms with Crippen molar-refractivity contribution in [2.45, 2.75) is 46.1 Å². The monoisotopic (exact) mass is 569 g/mol. The zero-order chi connectivity index (χ0) is 29.4. The number of pyridine rings is 1. The number of fused-ring (bicyclic) bond motifs is 3. The van der Waals surface area contributed by atoms with Crippen LogP contribution in [0.1, 0.15) is 50.4 Å². The van der Waals surface area contributed by atoms with Gasteiger partial charge in [0.1, 0.15) is 23.2 Å². The molecular formula is C31H34F3N3O4. The van der Waals surface area contributed by atoms with Gasteiger partial charge in [0.2, 0.25) is 5.43 Å². The van der Waals surface area contributed by atoms with Crippen molar-refractivity contribution in [3.05, 3.63) is 63.7 Å². The number of aromatic carboxylic acids is 1. The van der Waals surface area contributed by atoms with E-state index in [9.17, 15) is 14.7 Å². The molecule has 3 aromatic rings. The van der Waals surface area contributed by atoms with Crippen LogP contribution in [0.25, 0.3) is 16.6 Å². The van der Waals surface area contributed by atoms with Crippen molar-refractivity contribution in [2.75, 3.05) is 38.1 Å². The fourth-order valence-corrected chi connectivity index (χ4v) is 7.28. The molecule has 3 atom stereocenters. The second-order valence-electron chi connectivity index (χ2n) is 12.6. The Morgan fingerprint density at radius 2 is 1.76 bits per heavy atom. The molecule has 3 fully saturated rings. The van der Waals surface area contributed by atoms with Gasteiger partial charge in [-0.3, -0.25) is 4.79 Å². The van der Waals surface area contributed by atoms with E-state index in [2.05, 4.69) is 20.8 Å². The summed E-state index contributed by atoms with van der Waals surface area (Å²) < 4.78 is 54.4. The average Bonchev–Trinajstić information content (AvgIpc) is 3.25. The van der Waals surface area contributed by atoms with Crippen LogP contribution in [-0.4, -0.2) is 59.9 Å². The van der Waals surface area contributed by atoms with Crippen LogP contribution in [0.2, 0.25) is 0 Å². The van der Waals surface area contributed by atoms with Gasteiger partial charge in [0.25, 0.3) is 0 Å². The van der Waals surface area contributed by atoms with Crippen molar-refractivity contribution < 1.29 is 27.8 Å². The van der Waals surface area contributed by atoms with Gasteiger partial charge >= 0.3 is 5.97 Å². The second-order valence-corrected chi connectivity index (χ2v) is 12.6. The molecule has 2 aliphatic carbocycles. The highest BCUT2D eigenvalue weighted by Gasteiger charge is 2.62. The van der Waals surface area contributed by atoms with Crippen molar-refractivity contribution >= 4 is 22.6 Å². The molecule has 2 heterocycles. The highest BCUT2D eigenvalue weighted by Crippen LogP contribution is 2.66. The van der Waals surface area contributed by atoms with Crippen molar-refractivity contribution in [3.8, 4) is 11.4 Å². The van der Waals surface area contributed by atoms with Crippen molar-refractivity contribution in [3.63, 3.8) is 0 Å². The number of carboxylic acids is 1. The number of benzene rings is 2. The third-order valence-electron chi connectivity index (χ3n) is 10.4. The Kier molecular flexibility index (Phi) is 6.41. The predicted molar refractivity (Wildman–Crippen MR) is 150 cm³/mol. The Hall–Kier alpha value is -3.53. The summed E-state index contributed by atoms with van der Waals surface area (Å²) in [6, 6.07) is 4.94. The lowest BCUT2D eigenvalue weighted by Gasteiger charge is -2.38. The molecule has 0 unspecified atom stereocenters. The number of hydrogen-bond donors (Lipinski definition) is 1. The number of piperazine rings is 1. The number of carboxylic acid groups (broad SMARTS) is 1. The molecular weight excluding hydrogens is 535 g/mol. The lowest BCUT2D eigenvalue weighted by molar-refractivity contribution is 0.0278. The Morgan fingerprint density at radius 3 is 2.34 bits per heavy atom. The van der Waals surface area contributed by atoms with Gasteiger partial charge in [-0.2, -0.15) is 0 Å². The van der Waals surface area contributed by atoms with Crippen molar-refractivity contribution in [1.82, 2.24) is 9.47 Å². The summed E-state index contributed by atoms with van der Waals surface area (Å²) in [5.74, 6) is -3.66. The number of carbonyl (C=O) groups is 1. The third-order valence-corrected chi connectivity index (χ3v) is 10.4. The number of anilines is 1. The predicted octanol–water partition coefficient (Wildman–Crippen LogP) is 5.45. The minimum Gasteiger partial charge on any atom is -0.487 e. The Morgan fingerprint density at radius 1 is 1.05 bits per heavy atom. The van der Waals surface area contributed by atoms with Crippen LogP contribution in [0, 0.1) is 34.2 Å². The standard InChI is InChI=1S/C31H34F3N3O4/c1-30(2)17-7-8-31(30,3)24(13-17)41-23-6-5-18(14-21(23)32)37-16-20(29(39)40)28(38)19-15-22(33)27(25(34)26(19)37)36-11-9-35(4)10-12-36/h5-6,14-17,24H,7-13H2,1-4H3,(H,39,40)/t17-,24-,31-/m1/s1. The number of halogens is 3. The number of hydrogen-bond acceptors (Lipinski definition) is 5. The van der Waals surface area contributed by atoms with Gasteiger partial charge in [0.15, 0.2) is 17.4 Å². The van der Waals surface area contributed by atoms with Crippen molar-refractivity contribution in [2.24, 2.45) is 16.7 Å². The Balaban J connectivity index is 1.45. The average molecular weight is 570 g/mol. The molecule has 0 spiro atoms. The van der Waals surface area contributed by atoms with Crippen LogP contribution < -0.4 is 15.1 Å². The van der Waals surface area contributed by atoms with E-state index < -0.39 is 39.8 Å². The van der Waals surface area contributed by atoms with Crippen LogP contribution in [0.4, 0.5) is 18.9 Å². The molecule has 218 valence electrons. The van der Waals surface area contributed by atoms with E-state index in [0.29, 0.717) is 32.1 Å². The van der Waals surface area contributed by atoms with E-state index in [4.69, 9.17) is 4.74 Å². The van der Waals surface area contributed by atoms with Crippen LogP contribution in [0.3, 0.4) is 0 Å². The van der Waals surface area contributed by atoms with Gasteiger partial charge in [-0.25, -0.2) is 18.0 Å². The summed E-state index contributed by atoms with van der Waals surface area (Å²) in [6.45, 7) is 8.58. The maximum Gasteiger partial charge on any atom is 0.341 e. The van der Waals surface area contributed by atoms with Crippen LogP contribution in [0.15, 0.2) is 35.3 Å². The molecule has 3 aliphatic rings.